The normalized spacial score (nSPS) is 12.9. The van der Waals surface area contributed by atoms with Crippen LogP contribution in [0.5, 0.6) is 0 Å². The molecule has 0 aromatic rings. The Morgan fingerprint density at radius 3 is 0.974 bits per heavy atom. The van der Waals surface area contributed by atoms with E-state index in [0.29, 0.717) is 12.8 Å². The summed E-state index contributed by atoms with van der Waals surface area (Å²) < 4.78 is 60.5. The Labute approximate surface area is 239 Å². The van der Waals surface area contributed by atoms with E-state index < -0.39 is 21.4 Å². The molecule has 0 aromatic carbocycles. The fraction of sp³-hybridized carbons (Fsp3) is 0.968. The number of rotatable bonds is 29. The molecule has 0 heterocycles. The molecule has 0 atom stereocenters. The monoisotopic (exact) mass is 582 g/mol. The molecule has 0 unspecified atom stereocenters. The average molecular weight is 583 g/mol. The second-order valence-electron chi connectivity index (χ2n) is 11.3. The summed E-state index contributed by atoms with van der Waals surface area (Å²) in [4.78, 5) is 0. The van der Waals surface area contributed by atoms with Crippen LogP contribution in [-0.2, 0) is 10.0 Å². The highest BCUT2D eigenvalue weighted by Gasteiger charge is 2.45. The average Bonchev–Trinajstić information content (AvgIpc) is 2.87. The van der Waals surface area contributed by atoms with Crippen LogP contribution in [0.15, 0.2) is 4.40 Å². The Bertz CT molecular complexity index is 666. The van der Waals surface area contributed by atoms with Crippen molar-refractivity contribution in [3.8, 4) is 0 Å². The second-order valence-corrected chi connectivity index (χ2v) is 12.9. The fourth-order valence-corrected chi connectivity index (χ4v) is 5.46. The molecule has 0 saturated carbocycles. The molecule has 0 aliphatic rings. The van der Waals surface area contributed by atoms with Crippen LogP contribution in [0.2, 0.25) is 0 Å². The Hall–Kier alpha value is -0.790. The van der Waals surface area contributed by atoms with Crippen LogP contribution in [0.25, 0.3) is 0 Å². The van der Waals surface area contributed by atoms with Gasteiger partial charge in [0.25, 0.3) is 0 Å². The Kier molecular flexibility index (Phi) is 25.6. The molecular formula is C31H59F3NO3S-. The van der Waals surface area contributed by atoms with Crippen molar-refractivity contribution in [1.29, 1.82) is 0 Å². The van der Waals surface area contributed by atoms with Gasteiger partial charge in [-0.25, -0.2) is 0 Å². The molecule has 0 bridgehead atoms. The lowest BCUT2D eigenvalue weighted by Crippen LogP contribution is -2.26. The lowest BCUT2D eigenvalue weighted by atomic mass is 10.0. The number of hydrogen-bond acceptors (Lipinski definition) is 3. The first-order valence-corrected chi connectivity index (χ1v) is 17.7. The minimum Gasteiger partial charge on any atom is -0.861 e. The van der Waals surface area contributed by atoms with Crippen LogP contribution in [0, 0.1) is 0 Å². The van der Waals surface area contributed by atoms with Crippen LogP contribution in [0.4, 0.5) is 13.2 Å². The smallest absolute Gasteiger partial charge is 0.518 e. The molecule has 234 valence electrons. The lowest BCUT2D eigenvalue weighted by Gasteiger charge is -2.11. The molecule has 0 rings (SSSR count). The van der Waals surface area contributed by atoms with Gasteiger partial charge in [-0.05, 0) is 18.7 Å². The molecule has 0 amide bonds. The maximum absolute atomic E-state index is 12.2. The highest BCUT2D eigenvalue weighted by molar-refractivity contribution is 7.91. The molecule has 0 saturated heterocycles. The van der Waals surface area contributed by atoms with E-state index in [0.717, 1.165) is 19.3 Å². The predicted octanol–water partition coefficient (Wildman–Crippen LogP) is 10.5. The maximum atomic E-state index is 12.2. The molecule has 39 heavy (non-hydrogen) atoms. The van der Waals surface area contributed by atoms with Crippen molar-refractivity contribution in [2.24, 2.45) is 4.40 Å². The standard InChI is InChI=1S/C31H60F3NO3S/c1-2-3-4-5-6-7-8-9-10-11-12-13-14-15-16-17-18-19-20-21-22-23-24-25-26-27-28-29-30(36)35-39(37,38)31(32,33)34/h2-29H2,1H3,(H,35,36)/p-1. The third kappa shape index (κ3) is 25.9. The summed E-state index contributed by atoms with van der Waals surface area (Å²) in [5.74, 6) is -1.22. The van der Waals surface area contributed by atoms with Crippen molar-refractivity contribution in [3.05, 3.63) is 0 Å². The zero-order valence-corrected chi connectivity index (χ0v) is 25.8. The van der Waals surface area contributed by atoms with Gasteiger partial charge in [0.2, 0.25) is 0 Å². The maximum Gasteiger partial charge on any atom is 0.518 e. The SMILES string of the molecule is CCCCCCCCCCCCCCCCCCCCCCCCCCCCC/C([O-])=N/S(=O)(=O)C(F)(F)F. The molecule has 0 aromatic heterocycles. The fourth-order valence-electron chi connectivity index (χ4n) is 5.00. The summed E-state index contributed by atoms with van der Waals surface area (Å²) in [6.45, 7) is 2.28. The second kappa shape index (κ2) is 26.1. The molecule has 8 heteroatoms. The molecule has 0 N–H and O–H groups in total. The Balaban J connectivity index is 3.26. The highest BCUT2D eigenvalue weighted by atomic mass is 32.2. The third-order valence-corrected chi connectivity index (χ3v) is 8.54. The summed E-state index contributed by atoms with van der Waals surface area (Å²) in [6, 6.07) is 0. The van der Waals surface area contributed by atoms with Gasteiger partial charge in [-0.1, -0.05) is 174 Å². The minimum atomic E-state index is -5.70. The summed E-state index contributed by atoms with van der Waals surface area (Å²) in [5.41, 5.74) is -5.51. The quantitative estimate of drug-likeness (QED) is 0.0500. The van der Waals surface area contributed by atoms with E-state index in [-0.39, 0.29) is 6.42 Å². The van der Waals surface area contributed by atoms with Crippen molar-refractivity contribution in [3.63, 3.8) is 0 Å². The van der Waals surface area contributed by atoms with Crippen LogP contribution in [-0.4, -0.2) is 19.8 Å². The van der Waals surface area contributed by atoms with Crippen molar-refractivity contribution in [1.82, 2.24) is 0 Å². The number of alkyl halides is 3. The van der Waals surface area contributed by atoms with Gasteiger partial charge in [-0.3, -0.25) is 0 Å². The number of hydrogen-bond donors (Lipinski definition) is 0. The lowest BCUT2D eigenvalue weighted by molar-refractivity contribution is -0.218. The minimum absolute atomic E-state index is 0.255. The summed E-state index contributed by atoms with van der Waals surface area (Å²) in [6.07, 6.45) is 34.2. The van der Waals surface area contributed by atoms with Gasteiger partial charge in [-0.15, -0.1) is 0 Å². The first-order chi connectivity index (χ1) is 18.7. The van der Waals surface area contributed by atoms with Gasteiger partial charge in [0.15, 0.2) is 0 Å². The van der Waals surface area contributed by atoms with Crippen molar-refractivity contribution >= 4 is 15.9 Å². The molecule has 0 aliphatic carbocycles. The van der Waals surface area contributed by atoms with E-state index in [2.05, 4.69) is 11.3 Å². The van der Waals surface area contributed by atoms with Crippen molar-refractivity contribution < 1.29 is 26.7 Å². The summed E-state index contributed by atoms with van der Waals surface area (Å²) >= 11 is 0. The van der Waals surface area contributed by atoms with Crippen LogP contribution < -0.4 is 5.11 Å². The number of nitrogens with zero attached hydrogens (tertiary/aromatic N) is 1. The van der Waals surface area contributed by atoms with E-state index in [1.54, 1.807) is 0 Å². The molecule has 0 radical (unpaired) electrons. The number of sulfonamides is 1. The first-order valence-electron chi connectivity index (χ1n) is 16.3. The largest absolute Gasteiger partial charge is 0.861 e. The van der Waals surface area contributed by atoms with Gasteiger partial charge < -0.3 is 5.11 Å². The van der Waals surface area contributed by atoms with Crippen molar-refractivity contribution in [2.75, 3.05) is 0 Å². The van der Waals surface area contributed by atoms with E-state index >= 15 is 0 Å². The zero-order valence-electron chi connectivity index (χ0n) is 25.0. The predicted molar refractivity (Wildman–Crippen MR) is 157 cm³/mol. The molecular weight excluding hydrogens is 523 g/mol. The number of halogens is 3. The molecule has 4 nitrogen and oxygen atoms in total. The third-order valence-electron chi connectivity index (χ3n) is 7.51. The molecule has 0 fully saturated rings. The van der Waals surface area contributed by atoms with Crippen molar-refractivity contribution in [2.45, 2.75) is 192 Å². The molecule has 0 spiro atoms. The van der Waals surface area contributed by atoms with E-state index in [1.165, 1.54) is 141 Å². The number of unbranched alkanes of at least 4 members (excludes halogenated alkanes) is 26. The van der Waals surface area contributed by atoms with Crippen LogP contribution in [0.3, 0.4) is 0 Å². The van der Waals surface area contributed by atoms with Gasteiger partial charge in [0.1, 0.15) is 0 Å². The summed E-state index contributed by atoms with van der Waals surface area (Å²) in [7, 11) is -5.70. The van der Waals surface area contributed by atoms with Gasteiger partial charge in [0.05, 0.1) is 0 Å². The van der Waals surface area contributed by atoms with Gasteiger partial charge in [0, 0.05) is 0 Å². The van der Waals surface area contributed by atoms with E-state index in [9.17, 15) is 26.7 Å². The van der Waals surface area contributed by atoms with Crippen LogP contribution >= 0.6 is 0 Å². The van der Waals surface area contributed by atoms with Crippen LogP contribution in [0.1, 0.15) is 187 Å². The first kappa shape index (κ1) is 38.2. The Morgan fingerprint density at radius 1 is 0.513 bits per heavy atom. The van der Waals surface area contributed by atoms with E-state index in [1.807, 2.05) is 0 Å². The summed E-state index contributed by atoms with van der Waals surface area (Å²) in [5, 5.41) is 11.3. The topological polar surface area (TPSA) is 69.6 Å². The highest BCUT2D eigenvalue weighted by Crippen LogP contribution is 2.25. The van der Waals surface area contributed by atoms with Gasteiger partial charge in [-0.2, -0.15) is 26.0 Å². The van der Waals surface area contributed by atoms with Gasteiger partial charge >= 0.3 is 15.5 Å². The zero-order chi connectivity index (χ0) is 29.1. The Morgan fingerprint density at radius 2 is 0.744 bits per heavy atom. The van der Waals surface area contributed by atoms with E-state index in [4.69, 9.17) is 0 Å². The molecule has 0 aliphatic heterocycles.